The molecule has 0 bridgehead atoms. The van der Waals surface area contributed by atoms with Crippen LogP contribution in [0, 0.1) is 0 Å². The topological polar surface area (TPSA) is 23.6 Å². The second kappa shape index (κ2) is 5.01. The minimum atomic E-state index is 0.104. The summed E-state index contributed by atoms with van der Waals surface area (Å²) in [5.74, 6) is 0. The maximum Gasteiger partial charge on any atom is 0.319 e. The lowest BCUT2D eigenvalue weighted by atomic mass is 10.3. The maximum absolute atomic E-state index is 11.5. The van der Waals surface area contributed by atoms with Gasteiger partial charge in [-0.15, -0.1) is 0 Å². The third kappa shape index (κ3) is 3.11. The molecule has 12 heavy (non-hydrogen) atoms. The number of nitrogens with zero attached hydrogens (tertiary/aromatic N) is 2. The van der Waals surface area contributed by atoms with E-state index in [9.17, 15) is 4.79 Å². The molecule has 0 saturated carbocycles. The zero-order valence-corrected chi connectivity index (χ0v) is 8.79. The number of carbonyl (C=O) groups excluding carboxylic acids is 1. The summed E-state index contributed by atoms with van der Waals surface area (Å²) in [6.07, 6.45) is 1.01. The smallest absolute Gasteiger partial charge is 0.319 e. The van der Waals surface area contributed by atoms with Gasteiger partial charge in [0.25, 0.3) is 0 Å². The van der Waals surface area contributed by atoms with Crippen LogP contribution in [0.15, 0.2) is 0 Å². The van der Waals surface area contributed by atoms with E-state index < -0.39 is 0 Å². The van der Waals surface area contributed by atoms with Gasteiger partial charge >= 0.3 is 6.03 Å². The summed E-state index contributed by atoms with van der Waals surface area (Å²) >= 11 is 0. The number of carbonyl (C=O) groups is 1. The summed E-state index contributed by atoms with van der Waals surface area (Å²) in [6, 6.07) is 0.378. The molecular formula is C9H20N2O. The highest BCUT2D eigenvalue weighted by molar-refractivity contribution is 5.74. The summed E-state index contributed by atoms with van der Waals surface area (Å²) < 4.78 is 0. The van der Waals surface area contributed by atoms with E-state index in [4.69, 9.17) is 0 Å². The van der Waals surface area contributed by atoms with Gasteiger partial charge in [0.15, 0.2) is 0 Å². The minimum absolute atomic E-state index is 0.104. The highest BCUT2D eigenvalue weighted by atomic mass is 16.2. The number of hydrogen-bond donors (Lipinski definition) is 0. The highest BCUT2D eigenvalue weighted by Gasteiger charge is 2.14. The summed E-state index contributed by atoms with van der Waals surface area (Å²) in [6.45, 7) is 6.92. The van der Waals surface area contributed by atoms with Crippen LogP contribution in [0.1, 0.15) is 27.2 Å². The van der Waals surface area contributed by atoms with Crippen molar-refractivity contribution < 1.29 is 4.79 Å². The predicted octanol–water partition coefficient (Wildman–Crippen LogP) is 1.79. The SMILES string of the molecule is CCCN(C)C(=O)N(C)C(C)C. The van der Waals surface area contributed by atoms with Crippen LogP contribution >= 0.6 is 0 Å². The van der Waals surface area contributed by atoms with E-state index in [-0.39, 0.29) is 12.1 Å². The van der Waals surface area contributed by atoms with Crippen LogP contribution in [-0.4, -0.2) is 42.5 Å². The molecule has 0 fully saturated rings. The van der Waals surface area contributed by atoms with Gasteiger partial charge in [-0.05, 0) is 20.3 Å². The quantitative estimate of drug-likeness (QED) is 0.636. The second-order valence-corrected chi connectivity index (χ2v) is 3.41. The number of rotatable bonds is 3. The van der Waals surface area contributed by atoms with Crippen molar-refractivity contribution in [2.45, 2.75) is 33.2 Å². The van der Waals surface area contributed by atoms with Crippen molar-refractivity contribution in [1.82, 2.24) is 9.80 Å². The molecular weight excluding hydrogens is 152 g/mol. The van der Waals surface area contributed by atoms with E-state index in [1.165, 1.54) is 0 Å². The third-order valence-electron chi connectivity index (χ3n) is 1.96. The molecule has 0 rings (SSSR count). The van der Waals surface area contributed by atoms with Crippen LogP contribution in [0.3, 0.4) is 0 Å². The molecule has 0 aliphatic rings. The molecule has 2 amide bonds. The Morgan fingerprint density at radius 2 is 1.83 bits per heavy atom. The molecule has 0 aromatic rings. The zero-order valence-electron chi connectivity index (χ0n) is 8.79. The van der Waals surface area contributed by atoms with Crippen molar-refractivity contribution >= 4 is 6.03 Å². The van der Waals surface area contributed by atoms with Crippen molar-refractivity contribution in [3.63, 3.8) is 0 Å². The Bertz CT molecular complexity index is 145. The molecule has 0 aromatic heterocycles. The molecule has 0 aromatic carbocycles. The van der Waals surface area contributed by atoms with Gasteiger partial charge in [-0.1, -0.05) is 6.92 Å². The molecule has 0 atom stereocenters. The Hall–Kier alpha value is -0.730. The molecule has 0 saturated heterocycles. The largest absolute Gasteiger partial charge is 0.328 e. The Kier molecular flexibility index (Phi) is 4.71. The monoisotopic (exact) mass is 172 g/mol. The third-order valence-corrected chi connectivity index (χ3v) is 1.96. The number of hydrogen-bond acceptors (Lipinski definition) is 1. The normalized spacial score (nSPS) is 10.2. The Labute approximate surface area is 75.3 Å². The molecule has 72 valence electrons. The molecule has 3 heteroatoms. The first-order valence-electron chi connectivity index (χ1n) is 4.48. The maximum atomic E-state index is 11.5. The number of urea groups is 1. The van der Waals surface area contributed by atoms with Crippen molar-refractivity contribution in [3.8, 4) is 0 Å². The summed E-state index contributed by atoms with van der Waals surface area (Å²) in [7, 11) is 3.67. The van der Waals surface area contributed by atoms with E-state index in [0.717, 1.165) is 13.0 Å². The van der Waals surface area contributed by atoms with Crippen molar-refractivity contribution in [3.05, 3.63) is 0 Å². The fraction of sp³-hybridized carbons (Fsp3) is 0.889. The Morgan fingerprint density at radius 1 is 1.33 bits per heavy atom. The van der Waals surface area contributed by atoms with Crippen LogP contribution in [0.2, 0.25) is 0 Å². The molecule has 3 nitrogen and oxygen atoms in total. The Balaban J connectivity index is 4.00. The fourth-order valence-corrected chi connectivity index (χ4v) is 0.921. The van der Waals surface area contributed by atoms with Crippen molar-refractivity contribution in [2.75, 3.05) is 20.6 Å². The molecule has 0 radical (unpaired) electrons. The average molecular weight is 172 g/mol. The van der Waals surface area contributed by atoms with Crippen molar-refractivity contribution in [1.29, 1.82) is 0 Å². The van der Waals surface area contributed by atoms with Gasteiger partial charge in [-0.25, -0.2) is 4.79 Å². The first-order valence-corrected chi connectivity index (χ1v) is 4.48. The van der Waals surface area contributed by atoms with Gasteiger partial charge in [0.2, 0.25) is 0 Å². The van der Waals surface area contributed by atoms with Crippen molar-refractivity contribution in [2.24, 2.45) is 0 Å². The lowest BCUT2D eigenvalue weighted by molar-refractivity contribution is 0.162. The molecule has 0 heterocycles. The van der Waals surface area contributed by atoms with Gasteiger partial charge in [-0.2, -0.15) is 0 Å². The summed E-state index contributed by atoms with van der Waals surface area (Å²) in [5, 5.41) is 0. The average Bonchev–Trinajstić information content (AvgIpc) is 2.02. The van der Waals surface area contributed by atoms with Gasteiger partial charge in [0.05, 0.1) is 0 Å². The van der Waals surface area contributed by atoms with Gasteiger partial charge in [-0.3, -0.25) is 0 Å². The van der Waals surface area contributed by atoms with E-state index in [2.05, 4.69) is 6.92 Å². The van der Waals surface area contributed by atoms with Crippen LogP contribution < -0.4 is 0 Å². The summed E-state index contributed by atoms with van der Waals surface area (Å²) in [4.78, 5) is 15.0. The fourth-order valence-electron chi connectivity index (χ4n) is 0.921. The minimum Gasteiger partial charge on any atom is -0.328 e. The summed E-state index contributed by atoms with van der Waals surface area (Å²) in [5.41, 5.74) is 0. The van der Waals surface area contributed by atoms with E-state index >= 15 is 0 Å². The van der Waals surface area contributed by atoms with E-state index in [1.54, 1.807) is 9.80 Å². The lowest BCUT2D eigenvalue weighted by Gasteiger charge is -2.27. The van der Waals surface area contributed by atoms with Gasteiger partial charge in [0.1, 0.15) is 0 Å². The Morgan fingerprint density at radius 3 is 2.17 bits per heavy atom. The molecule has 0 unspecified atom stereocenters. The van der Waals surface area contributed by atoms with Crippen LogP contribution in [0.5, 0.6) is 0 Å². The van der Waals surface area contributed by atoms with E-state index in [1.807, 2.05) is 27.9 Å². The zero-order chi connectivity index (χ0) is 9.72. The first-order chi connectivity index (χ1) is 5.50. The van der Waals surface area contributed by atoms with Gasteiger partial charge in [0, 0.05) is 26.7 Å². The molecule has 0 spiro atoms. The second-order valence-electron chi connectivity index (χ2n) is 3.41. The van der Waals surface area contributed by atoms with E-state index in [0.29, 0.717) is 0 Å². The predicted molar refractivity (Wildman–Crippen MR) is 51.2 cm³/mol. The van der Waals surface area contributed by atoms with Crippen LogP contribution in [-0.2, 0) is 0 Å². The molecule has 0 N–H and O–H groups in total. The van der Waals surface area contributed by atoms with Crippen LogP contribution in [0.25, 0.3) is 0 Å². The number of amides is 2. The van der Waals surface area contributed by atoms with Crippen LogP contribution in [0.4, 0.5) is 4.79 Å². The van der Waals surface area contributed by atoms with Gasteiger partial charge < -0.3 is 9.80 Å². The highest BCUT2D eigenvalue weighted by Crippen LogP contribution is 1.99. The lowest BCUT2D eigenvalue weighted by Crippen LogP contribution is -2.42. The first kappa shape index (κ1) is 11.3. The standard InChI is InChI=1S/C9H20N2O/c1-6-7-10(4)9(12)11(5)8(2)3/h8H,6-7H2,1-5H3. The molecule has 0 aliphatic carbocycles. The molecule has 0 aliphatic heterocycles.